The van der Waals surface area contributed by atoms with E-state index < -0.39 is 23.9 Å². The number of hydrogen-bond acceptors (Lipinski definition) is 4. The maximum atomic E-state index is 13.1. The monoisotopic (exact) mass is 376 g/mol. The second kappa shape index (κ2) is 5.81. The maximum absolute atomic E-state index is 13.1. The van der Waals surface area contributed by atoms with Crippen molar-refractivity contribution in [3.63, 3.8) is 0 Å². The normalized spacial score (nSPS) is 32.7. The van der Waals surface area contributed by atoms with Crippen LogP contribution in [0, 0.1) is 5.92 Å². The summed E-state index contributed by atoms with van der Waals surface area (Å²) >= 11 is 8.01. The molecule has 0 bridgehead atoms. The number of allylic oxidation sites excluding steroid dienone is 2. The van der Waals surface area contributed by atoms with Crippen molar-refractivity contribution in [1.82, 2.24) is 10.2 Å². The van der Waals surface area contributed by atoms with Gasteiger partial charge in [-0.25, -0.2) is 0 Å². The van der Waals surface area contributed by atoms with E-state index in [9.17, 15) is 18.0 Å². The van der Waals surface area contributed by atoms with Gasteiger partial charge in [0.15, 0.2) is 0 Å². The van der Waals surface area contributed by atoms with Crippen LogP contribution in [0.1, 0.15) is 12.8 Å². The van der Waals surface area contributed by atoms with Gasteiger partial charge in [-0.2, -0.15) is 13.2 Å². The molecule has 0 aromatic carbocycles. The predicted octanol–water partition coefficient (Wildman–Crippen LogP) is 3.19. The lowest BCUT2D eigenvalue weighted by atomic mass is 9.84. The lowest BCUT2D eigenvalue weighted by Crippen LogP contribution is -2.53. The maximum Gasteiger partial charge on any atom is 0.450 e. The SMILES string of the molecule is O=C(C1CNCC2=C3CCC(Cl)C4=C3N(CC=CS4)C21)C(F)(F)F. The molecule has 1 fully saturated rings. The van der Waals surface area contributed by atoms with E-state index in [1.165, 1.54) is 0 Å². The Bertz CT molecular complexity index is 685. The van der Waals surface area contributed by atoms with E-state index in [-0.39, 0.29) is 11.9 Å². The van der Waals surface area contributed by atoms with E-state index in [0.29, 0.717) is 13.1 Å². The van der Waals surface area contributed by atoms with Crippen molar-refractivity contribution >= 4 is 29.1 Å². The van der Waals surface area contributed by atoms with Crippen molar-refractivity contribution in [1.29, 1.82) is 0 Å². The number of alkyl halides is 4. The Kier molecular flexibility index (Phi) is 4.01. The minimum Gasteiger partial charge on any atom is -0.359 e. The minimum absolute atomic E-state index is 0.0556. The van der Waals surface area contributed by atoms with Crippen molar-refractivity contribution in [2.45, 2.75) is 30.4 Å². The second-order valence-electron chi connectivity index (χ2n) is 6.41. The fourth-order valence-corrected chi connectivity index (χ4v) is 5.47. The van der Waals surface area contributed by atoms with Crippen LogP contribution in [0.3, 0.4) is 0 Å². The summed E-state index contributed by atoms with van der Waals surface area (Å²) in [7, 11) is 0. The molecule has 1 aliphatic carbocycles. The summed E-state index contributed by atoms with van der Waals surface area (Å²) in [4.78, 5) is 15.0. The molecular formula is C16H16ClF3N2OS. The van der Waals surface area contributed by atoms with Crippen LogP contribution < -0.4 is 5.32 Å². The average Bonchev–Trinajstić information content (AvgIpc) is 2.70. The quantitative estimate of drug-likeness (QED) is 0.712. The molecule has 0 amide bonds. The second-order valence-corrected chi connectivity index (χ2v) is 7.88. The number of carbonyl (C=O) groups is 1. The third-order valence-electron chi connectivity index (χ3n) is 5.09. The Morgan fingerprint density at radius 3 is 2.96 bits per heavy atom. The van der Waals surface area contributed by atoms with Crippen LogP contribution >= 0.6 is 23.4 Å². The van der Waals surface area contributed by atoms with Crippen molar-refractivity contribution < 1.29 is 18.0 Å². The standard InChI is InChI=1S/C16H16ClF3N2OS/c17-11-3-2-8-9-6-21-7-10(15(23)16(18,19)20)12(9)22-4-1-5-24-14(11)13(8)22/h1,5,10-12,21H,2-4,6-7H2. The van der Waals surface area contributed by atoms with Crippen LogP contribution in [-0.4, -0.2) is 47.9 Å². The molecule has 0 aromatic heterocycles. The lowest BCUT2D eigenvalue weighted by molar-refractivity contribution is -0.177. The number of rotatable bonds is 1. The summed E-state index contributed by atoms with van der Waals surface area (Å²) < 4.78 is 39.2. The number of piperidine rings is 1. The van der Waals surface area contributed by atoms with Crippen molar-refractivity contribution in [3.05, 3.63) is 33.2 Å². The molecule has 130 valence electrons. The molecular weight excluding hydrogens is 361 g/mol. The molecule has 0 radical (unpaired) electrons. The first-order valence-electron chi connectivity index (χ1n) is 7.90. The largest absolute Gasteiger partial charge is 0.450 e. The molecule has 24 heavy (non-hydrogen) atoms. The molecule has 3 nitrogen and oxygen atoms in total. The Morgan fingerprint density at radius 1 is 1.42 bits per heavy atom. The molecule has 3 heterocycles. The molecule has 0 aromatic rings. The summed E-state index contributed by atoms with van der Waals surface area (Å²) in [6.07, 6.45) is -1.34. The molecule has 1 saturated heterocycles. The van der Waals surface area contributed by atoms with E-state index in [4.69, 9.17) is 11.6 Å². The Balaban J connectivity index is 1.82. The highest BCUT2D eigenvalue weighted by Gasteiger charge is 2.53. The molecule has 1 N–H and O–H groups in total. The third-order valence-corrected chi connectivity index (χ3v) is 6.72. The van der Waals surface area contributed by atoms with Gasteiger partial charge in [0.1, 0.15) is 0 Å². The highest BCUT2D eigenvalue weighted by Crippen LogP contribution is 2.50. The van der Waals surface area contributed by atoms with Gasteiger partial charge >= 0.3 is 6.18 Å². The molecule has 8 heteroatoms. The minimum atomic E-state index is -4.81. The van der Waals surface area contributed by atoms with Gasteiger partial charge in [0.25, 0.3) is 0 Å². The third kappa shape index (κ3) is 2.44. The van der Waals surface area contributed by atoms with Gasteiger partial charge in [0.2, 0.25) is 5.78 Å². The average molecular weight is 377 g/mol. The smallest absolute Gasteiger partial charge is 0.359 e. The van der Waals surface area contributed by atoms with Crippen molar-refractivity contribution in [2.24, 2.45) is 5.92 Å². The Morgan fingerprint density at radius 2 is 2.21 bits per heavy atom. The van der Waals surface area contributed by atoms with Crippen LogP contribution in [0.5, 0.6) is 0 Å². The van der Waals surface area contributed by atoms with Crippen LogP contribution in [0.2, 0.25) is 0 Å². The van der Waals surface area contributed by atoms with Crippen LogP contribution in [-0.2, 0) is 4.79 Å². The van der Waals surface area contributed by atoms with Gasteiger partial charge in [0, 0.05) is 24.5 Å². The number of carbonyl (C=O) groups excluding carboxylic acids is 1. The van der Waals surface area contributed by atoms with E-state index in [0.717, 1.165) is 34.6 Å². The van der Waals surface area contributed by atoms with Crippen molar-refractivity contribution in [3.8, 4) is 0 Å². The van der Waals surface area contributed by atoms with Gasteiger partial charge in [-0.05, 0) is 29.4 Å². The topological polar surface area (TPSA) is 32.3 Å². The van der Waals surface area contributed by atoms with Crippen LogP contribution in [0.15, 0.2) is 33.2 Å². The molecule has 0 spiro atoms. The van der Waals surface area contributed by atoms with E-state index >= 15 is 0 Å². The zero-order chi connectivity index (χ0) is 17.1. The Hall–Kier alpha value is -0.920. The van der Waals surface area contributed by atoms with E-state index in [2.05, 4.69) is 5.32 Å². The van der Waals surface area contributed by atoms with Gasteiger partial charge < -0.3 is 10.2 Å². The number of nitrogens with one attached hydrogen (secondary N) is 1. The van der Waals surface area contributed by atoms with Gasteiger partial charge in [-0.3, -0.25) is 4.79 Å². The molecule has 0 saturated carbocycles. The van der Waals surface area contributed by atoms with Crippen molar-refractivity contribution in [2.75, 3.05) is 19.6 Å². The highest BCUT2D eigenvalue weighted by atomic mass is 35.5. The molecule has 4 aliphatic rings. The van der Waals surface area contributed by atoms with Gasteiger partial charge in [-0.15, -0.1) is 11.6 Å². The summed E-state index contributed by atoms with van der Waals surface area (Å²) in [6.45, 7) is 1.10. The first-order chi connectivity index (χ1) is 11.4. The number of Topliss-reactive ketones (excluding diaryl/α,β-unsaturated/α-hetero) is 1. The Labute approximate surface area is 147 Å². The number of fused-ring (bicyclic) bond motifs is 2. The summed E-state index contributed by atoms with van der Waals surface area (Å²) in [5.74, 6) is -2.74. The molecule has 3 atom stereocenters. The molecule has 4 rings (SSSR count). The summed E-state index contributed by atoms with van der Waals surface area (Å²) in [5.41, 5.74) is 3.01. The fraction of sp³-hybridized carbons (Fsp3) is 0.562. The van der Waals surface area contributed by atoms with Crippen LogP contribution in [0.25, 0.3) is 0 Å². The number of hydrogen-bond donors (Lipinski definition) is 1. The lowest BCUT2D eigenvalue weighted by Gasteiger charge is -2.38. The molecule has 3 aliphatic heterocycles. The number of ketones is 1. The van der Waals surface area contributed by atoms with E-state index in [1.54, 1.807) is 11.8 Å². The first-order valence-corrected chi connectivity index (χ1v) is 9.21. The van der Waals surface area contributed by atoms with E-state index in [1.807, 2.05) is 16.4 Å². The predicted molar refractivity (Wildman–Crippen MR) is 87.6 cm³/mol. The van der Waals surface area contributed by atoms with Gasteiger partial charge in [-0.1, -0.05) is 17.8 Å². The number of thioether (sulfide) groups is 1. The number of nitrogens with zero attached hydrogens (tertiary/aromatic N) is 1. The fourth-order valence-electron chi connectivity index (χ4n) is 4.15. The zero-order valence-electron chi connectivity index (χ0n) is 12.7. The first kappa shape index (κ1) is 16.5. The van der Waals surface area contributed by atoms with Crippen LogP contribution in [0.4, 0.5) is 13.2 Å². The highest BCUT2D eigenvalue weighted by molar-refractivity contribution is 8.06. The van der Waals surface area contributed by atoms with Gasteiger partial charge in [0.05, 0.1) is 23.0 Å². The zero-order valence-corrected chi connectivity index (χ0v) is 14.3. The molecule has 3 unspecified atom stereocenters. The number of halogens is 4. The summed E-state index contributed by atoms with van der Waals surface area (Å²) in [5, 5.41) is 4.84. The summed E-state index contributed by atoms with van der Waals surface area (Å²) in [6, 6.07) is -0.509.